The number of morpholine rings is 1. The van der Waals surface area contributed by atoms with Crippen LogP contribution < -0.4 is 15.5 Å². The summed E-state index contributed by atoms with van der Waals surface area (Å²) in [6.07, 6.45) is 9.65. The number of benzene rings is 1. The number of hydrogen-bond acceptors (Lipinski definition) is 5. The van der Waals surface area contributed by atoms with E-state index in [0.29, 0.717) is 24.8 Å². The topological polar surface area (TPSA) is 66.5 Å². The number of pyridine rings is 1. The van der Waals surface area contributed by atoms with Crippen molar-refractivity contribution < 1.29 is 9.53 Å². The molecule has 1 amide bonds. The van der Waals surface area contributed by atoms with Crippen molar-refractivity contribution in [3.8, 4) is 0 Å². The first-order chi connectivity index (χ1) is 13.8. The molecule has 2 N–H and O–H groups in total. The Labute approximate surface area is 166 Å². The number of amides is 1. The number of nitrogens with zero attached hydrogens (tertiary/aromatic N) is 2. The molecule has 0 spiro atoms. The Kier molecular flexibility index (Phi) is 6.07. The van der Waals surface area contributed by atoms with Gasteiger partial charge in [0.25, 0.3) is 5.91 Å². The highest BCUT2D eigenvalue weighted by molar-refractivity contribution is 6.06. The summed E-state index contributed by atoms with van der Waals surface area (Å²) in [6.45, 7) is 3.08. The largest absolute Gasteiger partial charge is 0.381 e. The molecule has 0 atom stereocenters. The summed E-state index contributed by atoms with van der Waals surface area (Å²) in [7, 11) is 0. The summed E-state index contributed by atoms with van der Waals surface area (Å²) in [6, 6.07) is 10.3. The molecule has 6 heteroatoms. The molecule has 28 heavy (non-hydrogen) atoms. The Hall–Kier alpha value is -2.60. The second-order valence-corrected chi connectivity index (χ2v) is 7.51. The van der Waals surface area contributed by atoms with Crippen LogP contribution in [0, 0.1) is 0 Å². The number of carbonyl (C=O) groups excluding carboxylic acids is 1. The second-order valence-electron chi connectivity index (χ2n) is 7.51. The molecule has 2 heterocycles. The molecule has 1 aliphatic heterocycles. The van der Waals surface area contributed by atoms with Gasteiger partial charge in [-0.05, 0) is 31.0 Å². The van der Waals surface area contributed by atoms with Gasteiger partial charge in [-0.15, -0.1) is 0 Å². The number of hydrogen-bond donors (Lipinski definition) is 2. The Bertz CT molecular complexity index is 799. The maximum atomic E-state index is 12.9. The number of anilines is 3. The van der Waals surface area contributed by atoms with Crippen molar-refractivity contribution in [2.24, 2.45) is 0 Å². The van der Waals surface area contributed by atoms with Gasteiger partial charge in [-0.2, -0.15) is 0 Å². The minimum absolute atomic E-state index is 0.138. The predicted octanol–water partition coefficient (Wildman–Crippen LogP) is 3.92. The van der Waals surface area contributed by atoms with Gasteiger partial charge in [0.05, 0.1) is 35.8 Å². The summed E-state index contributed by atoms with van der Waals surface area (Å²) in [5, 5.41) is 6.60. The van der Waals surface area contributed by atoms with E-state index in [4.69, 9.17) is 4.74 Å². The van der Waals surface area contributed by atoms with E-state index in [1.54, 1.807) is 12.4 Å². The fraction of sp³-hybridized carbons (Fsp3) is 0.455. The quantitative estimate of drug-likeness (QED) is 0.823. The number of aromatic nitrogens is 1. The molecule has 1 aromatic heterocycles. The molecule has 1 saturated heterocycles. The zero-order valence-electron chi connectivity index (χ0n) is 16.2. The van der Waals surface area contributed by atoms with Crippen LogP contribution in [0.3, 0.4) is 0 Å². The summed E-state index contributed by atoms with van der Waals surface area (Å²) in [5.74, 6) is -0.138. The van der Waals surface area contributed by atoms with Gasteiger partial charge in [0.2, 0.25) is 0 Å². The molecule has 1 saturated carbocycles. The average Bonchev–Trinajstić information content (AvgIpc) is 2.76. The van der Waals surface area contributed by atoms with Gasteiger partial charge >= 0.3 is 0 Å². The van der Waals surface area contributed by atoms with E-state index in [1.165, 1.54) is 32.1 Å². The van der Waals surface area contributed by atoms with Gasteiger partial charge < -0.3 is 20.3 Å². The average molecular weight is 380 g/mol. The normalized spacial score (nSPS) is 17.9. The maximum Gasteiger partial charge on any atom is 0.257 e. The smallest absolute Gasteiger partial charge is 0.257 e. The van der Waals surface area contributed by atoms with Crippen molar-refractivity contribution in [1.29, 1.82) is 0 Å². The molecule has 148 valence electrons. The van der Waals surface area contributed by atoms with Crippen molar-refractivity contribution in [1.82, 2.24) is 4.98 Å². The number of carbonyl (C=O) groups is 1. The fourth-order valence-electron chi connectivity index (χ4n) is 3.98. The molecular formula is C22H28N4O2. The molecule has 0 bridgehead atoms. The molecule has 2 fully saturated rings. The highest BCUT2D eigenvalue weighted by atomic mass is 16.5. The molecule has 1 aliphatic carbocycles. The van der Waals surface area contributed by atoms with Gasteiger partial charge in [0.15, 0.2) is 0 Å². The highest BCUT2D eigenvalue weighted by Gasteiger charge is 2.17. The molecule has 1 aromatic carbocycles. The number of ether oxygens (including phenoxy) is 1. The molecule has 6 nitrogen and oxygen atoms in total. The number of rotatable bonds is 5. The fourth-order valence-corrected chi connectivity index (χ4v) is 3.98. The van der Waals surface area contributed by atoms with E-state index >= 15 is 0 Å². The van der Waals surface area contributed by atoms with E-state index in [2.05, 4.69) is 20.5 Å². The van der Waals surface area contributed by atoms with E-state index in [-0.39, 0.29) is 5.91 Å². The van der Waals surface area contributed by atoms with Crippen LogP contribution in [0.2, 0.25) is 0 Å². The van der Waals surface area contributed by atoms with Crippen LogP contribution in [0.25, 0.3) is 0 Å². The van der Waals surface area contributed by atoms with Crippen molar-refractivity contribution in [3.63, 3.8) is 0 Å². The van der Waals surface area contributed by atoms with Crippen LogP contribution in [-0.4, -0.2) is 43.2 Å². The van der Waals surface area contributed by atoms with Gasteiger partial charge in [-0.25, -0.2) is 0 Å². The Morgan fingerprint density at radius 1 is 1.07 bits per heavy atom. The standard InChI is InChI=1S/C22H28N4O2/c27-22(17-14-19(16-23-15-17)24-18-6-2-1-3-7-18)25-20-8-4-5-9-21(20)26-10-12-28-13-11-26/h4-5,8-9,14-16,18,24H,1-3,6-7,10-13H2,(H,25,27). The Morgan fingerprint density at radius 2 is 1.86 bits per heavy atom. The number of para-hydroxylation sites is 2. The molecule has 0 radical (unpaired) electrons. The lowest BCUT2D eigenvalue weighted by Gasteiger charge is -2.30. The maximum absolute atomic E-state index is 12.9. The first-order valence-electron chi connectivity index (χ1n) is 10.2. The highest BCUT2D eigenvalue weighted by Crippen LogP contribution is 2.27. The van der Waals surface area contributed by atoms with Crippen LogP contribution in [0.4, 0.5) is 17.1 Å². The third-order valence-corrected chi connectivity index (χ3v) is 5.48. The molecule has 2 aliphatic rings. The van der Waals surface area contributed by atoms with E-state index in [0.717, 1.165) is 30.2 Å². The zero-order chi connectivity index (χ0) is 19.2. The van der Waals surface area contributed by atoms with E-state index in [9.17, 15) is 4.79 Å². The second kappa shape index (κ2) is 9.06. The lowest BCUT2D eigenvalue weighted by Crippen LogP contribution is -2.36. The SMILES string of the molecule is O=C(Nc1ccccc1N1CCOCC1)c1cncc(NC2CCCCC2)c1. The Balaban J connectivity index is 1.46. The van der Waals surface area contributed by atoms with Crippen molar-refractivity contribution >= 4 is 23.0 Å². The van der Waals surface area contributed by atoms with Crippen molar-refractivity contribution in [2.45, 2.75) is 38.1 Å². The lowest BCUT2D eigenvalue weighted by molar-refractivity contribution is 0.102. The lowest BCUT2D eigenvalue weighted by atomic mass is 9.95. The van der Waals surface area contributed by atoms with Crippen molar-refractivity contribution in [2.75, 3.05) is 41.8 Å². The summed E-state index contributed by atoms with van der Waals surface area (Å²) < 4.78 is 5.44. The first-order valence-corrected chi connectivity index (χ1v) is 10.2. The third-order valence-electron chi connectivity index (χ3n) is 5.48. The van der Waals surface area contributed by atoms with Gasteiger partial charge in [0.1, 0.15) is 0 Å². The monoisotopic (exact) mass is 380 g/mol. The number of nitrogens with one attached hydrogen (secondary N) is 2. The molecule has 0 unspecified atom stereocenters. The summed E-state index contributed by atoms with van der Waals surface area (Å²) in [4.78, 5) is 19.4. The zero-order valence-corrected chi connectivity index (χ0v) is 16.2. The molecule has 2 aromatic rings. The van der Waals surface area contributed by atoms with Crippen LogP contribution >= 0.6 is 0 Å². The van der Waals surface area contributed by atoms with Crippen LogP contribution in [0.5, 0.6) is 0 Å². The first kappa shape index (κ1) is 18.7. The molecular weight excluding hydrogens is 352 g/mol. The predicted molar refractivity (Wildman–Crippen MR) is 112 cm³/mol. The minimum Gasteiger partial charge on any atom is -0.381 e. The van der Waals surface area contributed by atoms with Crippen LogP contribution in [-0.2, 0) is 4.74 Å². The van der Waals surface area contributed by atoms with Gasteiger partial charge in [-0.1, -0.05) is 31.4 Å². The summed E-state index contributed by atoms with van der Waals surface area (Å²) >= 11 is 0. The minimum atomic E-state index is -0.138. The van der Waals surface area contributed by atoms with Gasteiger partial charge in [-0.3, -0.25) is 9.78 Å². The molecule has 4 rings (SSSR count). The van der Waals surface area contributed by atoms with Crippen molar-refractivity contribution in [3.05, 3.63) is 48.3 Å². The Morgan fingerprint density at radius 3 is 2.68 bits per heavy atom. The van der Waals surface area contributed by atoms with E-state index < -0.39 is 0 Å². The summed E-state index contributed by atoms with van der Waals surface area (Å²) in [5.41, 5.74) is 3.34. The van der Waals surface area contributed by atoms with E-state index in [1.807, 2.05) is 30.3 Å². The third kappa shape index (κ3) is 4.62. The van der Waals surface area contributed by atoms with Crippen LogP contribution in [0.15, 0.2) is 42.7 Å². The van der Waals surface area contributed by atoms with Crippen LogP contribution in [0.1, 0.15) is 42.5 Å². The van der Waals surface area contributed by atoms with Gasteiger partial charge in [0, 0.05) is 31.5 Å².